The number of hydrogen-bond acceptors (Lipinski definition) is 2. The Labute approximate surface area is 141 Å². The molecule has 8 heteroatoms. The molecular weight excluding hydrogens is 328 g/mol. The van der Waals surface area contributed by atoms with Gasteiger partial charge in [-0.1, -0.05) is 0 Å². The van der Waals surface area contributed by atoms with Crippen molar-refractivity contribution in [1.82, 2.24) is 9.80 Å². The molecule has 0 N–H and O–H groups in total. The lowest BCUT2D eigenvalue weighted by Gasteiger charge is -2.38. The summed E-state index contributed by atoms with van der Waals surface area (Å²) in [5.74, 6) is -14.3. The van der Waals surface area contributed by atoms with E-state index < -0.39 is 47.8 Å². The third kappa shape index (κ3) is 4.19. The Kier molecular flexibility index (Phi) is 7.27. The maximum absolute atomic E-state index is 14.3. The van der Waals surface area contributed by atoms with Gasteiger partial charge < -0.3 is 9.80 Å². The van der Waals surface area contributed by atoms with Gasteiger partial charge in [0.1, 0.15) is 0 Å². The summed E-state index contributed by atoms with van der Waals surface area (Å²) in [4.78, 5) is 25.5. The van der Waals surface area contributed by atoms with Crippen molar-refractivity contribution in [2.75, 3.05) is 0 Å². The average molecular weight is 356 g/mol. The quantitative estimate of drug-likeness (QED) is 0.655. The number of amides is 2. The molecule has 0 saturated carbocycles. The Morgan fingerprint density at radius 3 is 0.875 bits per heavy atom. The van der Waals surface area contributed by atoms with Crippen molar-refractivity contribution in [3.05, 3.63) is 0 Å². The van der Waals surface area contributed by atoms with Gasteiger partial charge in [0.05, 0.1) is 0 Å². The molecular formula is C16H28F4N2O2. The first kappa shape index (κ1) is 22.7. The van der Waals surface area contributed by atoms with Crippen molar-refractivity contribution in [2.45, 2.75) is 91.4 Å². The Hall–Kier alpha value is -1.34. The van der Waals surface area contributed by atoms with Crippen LogP contribution >= 0.6 is 0 Å². The van der Waals surface area contributed by atoms with E-state index in [0.717, 1.165) is 0 Å². The summed E-state index contributed by atoms with van der Waals surface area (Å²) in [6.45, 7) is 11.6. The fourth-order valence-corrected chi connectivity index (χ4v) is 2.72. The van der Waals surface area contributed by atoms with Crippen LogP contribution in [0.1, 0.15) is 55.4 Å². The molecule has 0 aliphatic carbocycles. The number of hydrogen-bond donors (Lipinski definition) is 0. The topological polar surface area (TPSA) is 40.6 Å². The highest BCUT2D eigenvalue weighted by Crippen LogP contribution is 2.39. The van der Waals surface area contributed by atoms with Gasteiger partial charge in [-0.05, 0) is 55.4 Å². The molecule has 0 aromatic heterocycles. The fourth-order valence-electron chi connectivity index (χ4n) is 2.72. The van der Waals surface area contributed by atoms with Gasteiger partial charge in [-0.2, -0.15) is 17.6 Å². The summed E-state index contributed by atoms with van der Waals surface area (Å²) in [5.41, 5.74) is 0. The molecule has 0 fully saturated rings. The van der Waals surface area contributed by atoms with Gasteiger partial charge in [-0.3, -0.25) is 9.59 Å². The van der Waals surface area contributed by atoms with E-state index in [1.165, 1.54) is 55.4 Å². The minimum atomic E-state index is -5.12. The minimum Gasteiger partial charge on any atom is -0.332 e. The SMILES string of the molecule is CC(C)N(C(=O)C(F)(F)C(F)(F)C(=O)N(C(C)C)C(C)C)C(C)C. The maximum Gasteiger partial charge on any atom is 0.395 e. The monoisotopic (exact) mass is 356 g/mol. The van der Waals surface area contributed by atoms with Crippen molar-refractivity contribution in [3.8, 4) is 0 Å². The van der Waals surface area contributed by atoms with E-state index in [1.807, 2.05) is 0 Å². The standard InChI is InChI=1S/C16H28F4N2O2/c1-9(2)21(10(3)4)13(23)15(17,18)16(19,20)14(24)22(11(5)6)12(7)8/h9-12H,1-8H3. The predicted octanol–water partition coefficient (Wildman–Crippen LogP) is 3.55. The van der Waals surface area contributed by atoms with Crippen LogP contribution in [0.2, 0.25) is 0 Å². The summed E-state index contributed by atoms with van der Waals surface area (Å²) in [5, 5.41) is 0. The zero-order valence-electron chi connectivity index (χ0n) is 15.5. The molecule has 0 rings (SSSR count). The molecule has 0 aliphatic heterocycles. The second kappa shape index (κ2) is 7.70. The first-order valence-electron chi connectivity index (χ1n) is 8.01. The average Bonchev–Trinajstić information content (AvgIpc) is 2.36. The predicted molar refractivity (Wildman–Crippen MR) is 84.1 cm³/mol. The molecule has 0 saturated heterocycles. The third-order valence-corrected chi connectivity index (χ3v) is 3.63. The van der Waals surface area contributed by atoms with Gasteiger partial charge in [0, 0.05) is 24.2 Å². The minimum absolute atomic E-state index is 0.663. The lowest BCUT2D eigenvalue weighted by molar-refractivity contribution is -0.226. The van der Waals surface area contributed by atoms with Crippen molar-refractivity contribution in [1.29, 1.82) is 0 Å². The van der Waals surface area contributed by atoms with E-state index in [1.54, 1.807) is 0 Å². The molecule has 0 aromatic carbocycles. The molecule has 24 heavy (non-hydrogen) atoms. The highest BCUT2D eigenvalue weighted by molar-refractivity contribution is 5.95. The van der Waals surface area contributed by atoms with Crippen molar-refractivity contribution < 1.29 is 27.2 Å². The smallest absolute Gasteiger partial charge is 0.332 e. The van der Waals surface area contributed by atoms with Crippen LogP contribution in [0.4, 0.5) is 17.6 Å². The Balaban J connectivity index is 5.89. The lowest BCUT2D eigenvalue weighted by atomic mass is 10.0. The summed E-state index contributed by atoms with van der Waals surface area (Å²) in [6, 6.07) is -2.83. The van der Waals surface area contributed by atoms with E-state index in [0.29, 0.717) is 9.80 Å². The highest BCUT2D eigenvalue weighted by atomic mass is 19.3. The molecule has 0 atom stereocenters. The first-order valence-corrected chi connectivity index (χ1v) is 8.01. The molecule has 4 nitrogen and oxygen atoms in total. The molecule has 0 aliphatic rings. The lowest BCUT2D eigenvalue weighted by Crippen LogP contribution is -2.63. The van der Waals surface area contributed by atoms with Crippen LogP contribution < -0.4 is 0 Å². The van der Waals surface area contributed by atoms with Gasteiger partial charge in [0.25, 0.3) is 0 Å². The van der Waals surface area contributed by atoms with Crippen LogP contribution in [0.3, 0.4) is 0 Å². The van der Waals surface area contributed by atoms with E-state index in [2.05, 4.69) is 0 Å². The largest absolute Gasteiger partial charge is 0.395 e. The van der Waals surface area contributed by atoms with Crippen LogP contribution in [0.15, 0.2) is 0 Å². The van der Waals surface area contributed by atoms with E-state index in [-0.39, 0.29) is 0 Å². The van der Waals surface area contributed by atoms with Crippen LogP contribution in [0, 0.1) is 0 Å². The second-order valence-electron chi connectivity index (χ2n) is 6.95. The zero-order chi connectivity index (χ0) is 19.6. The van der Waals surface area contributed by atoms with Gasteiger partial charge >= 0.3 is 23.7 Å². The van der Waals surface area contributed by atoms with Gasteiger partial charge in [-0.25, -0.2) is 0 Å². The molecule has 0 unspecified atom stereocenters. The summed E-state index contributed by atoms with van der Waals surface area (Å²) < 4.78 is 57.3. The Morgan fingerprint density at radius 2 is 0.750 bits per heavy atom. The molecule has 0 heterocycles. The van der Waals surface area contributed by atoms with Crippen LogP contribution in [-0.4, -0.2) is 57.6 Å². The van der Waals surface area contributed by atoms with E-state index in [4.69, 9.17) is 0 Å². The number of halogens is 4. The van der Waals surface area contributed by atoms with E-state index >= 15 is 0 Å². The normalized spacial score (nSPS) is 13.2. The van der Waals surface area contributed by atoms with Crippen LogP contribution in [-0.2, 0) is 9.59 Å². The van der Waals surface area contributed by atoms with Gasteiger partial charge in [0.2, 0.25) is 0 Å². The summed E-state index contributed by atoms with van der Waals surface area (Å²) in [6.07, 6.45) is 0. The molecule has 2 amide bonds. The molecule has 142 valence electrons. The molecule has 0 radical (unpaired) electrons. The zero-order valence-corrected chi connectivity index (χ0v) is 15.5. The number of alkyl halides is 4. The van der Waals surface area contributed by atoms with Crippen molar-refractivity contribution in [3.63, 3.8) is 0 Å². The third-order valence-electron chi connectivity index (χ3n) is 3.63. The summed E-state index contributed by atoms with van der Waals surface area (Å²) in [7, 11) is 0. The first-order chi connectivity index (χ1) is 10.6. The molecule has 0 spiro atoms. The van der Waals surface area contributed by atoms with Crippen molar-refractivity contribution in [2.24, 2.45) is 0 Å². The molecule has 0 aromatic rings. The molecule has 0 bridgehead atoms. The number of carbonyl (C=O) groups excluding carboxylic acids is 2. The summed E-state index contributed by atoms with van der Waals surface area (Å²) >= 11 is 0. The second-order valence-corrected chi connectivity index (χ2v) is 6.95. The fraction of sp³-hybridized carbons (Fsp3) is 0.875. The van der Waals surface area contributed by atoms with Gasteiger partial charge in [-0.15, -0.1) is 0 Å². The maximum atomic E-state index is 14.3. The number of carbonyl (C=O) groups is 2. The van der Waals surface area contributed by atoms with E-state index in [9.17, 15) is 27.2 Å². The number of rotatable bonds is 7. The highest BCUT2D eigenvalue weighted by Gasteiger charge is 2.69. The number of nitrogens with zero attached hydrogens (tertiary/aromatic N) is 2. The van der Waals surface area contributed by atoms with Crippen LogP contribution in [0.5, 0.6) is 0 Å². The Morgan fingerprint density at radius 1 is 0.583 bits per heavy atom. The Bertz CT molecular complexity index is 405. The van der Waals surface area contributed by atoms with Crippen molar-refractivity contribution >= 4 is 11.8 Å². The van der Waals surface area contributed by atoms with Crippen LogP contribution in [0.25, 0.3) is 0 Å². The van der Waals surface area contributed by atoms with Gasteiger partial charge in [0.15, 0.2) is 0 Å².